The van der Waals surface area contributed by atoms with Crippen LogP contribution in [0.15, 0.2) is 12.2 Å². The first-order chi connectivity index (χ1) is 10.3. The van der Waals surface area contributed by atoms with Crippen molar-refractivity contribution in [3.05, 3.63) is 12.2 Å². The van der Waals surface area contributed by atoms with E-state index in [0.29, 0.717) is 13.0 Å². The predicted octanol–water partition coefficient (Wildman–Crippen LogP) is -0.934. The van der Waals surface area contributed by atoms with Gasteiger partial charge in [0.05, 0.1) is 0 Å². The maximum Gasteiger partial charge on any atom is 0.252 e. The van der Waals surface area contributed by atoms with Crippen LogP contribution in [-0.4, -0.2) is 58.0 Å². The van der Waals surface area contributed by atoms with Gasteiger partial charge in [-0.3, -0.25) is 9.59 Å². The second-order valence-electron chi connectivity index (χ2n) is 5.90. The van der Waals surface area contributed by atoms with Crippen molar-refractivity contribution in [3.63, 3.8) is 0 Å². The van der Waals surface area contributed by atoms with Crippen molar-refractivity contribution < 1.29 is 24.9 Å². The minimum absolute atomic E-state index is 0.169. The molecule has 4 atom stereocenters. The van der Waals surface area contributed by atoms with Crippen LogP contribution in [0.25, 0.3) is 0 Å². The van der Waals surface area contributed by atoms with Gasteiger partial charge in [-0.05, 0) is 25.2 Å². The van der Waals surface area contributed by atoms with Gasteiger partial charge in [0.1, 0.15) is 18.2 Å². The minimum Gasteiger partial charge on any atom is -0.387 e. The van der Waals surface area contributed by atoms with Gasteiger partial charge in [-0.1, -0.05) is 26.0 Å². The highest BCUT2D eigenvalue weighted by Gasteiger charge is 2.32. The van der Waals surface area contributed by atoms with Crippen LogP contribution in [0.3, 0.4) is 0 Å². The summed E-state index contributed by atoms with van der Waals surface area (Å²) in [6.07, 6.45) is 0.291. The largest absolute Gasteiger partial charge is 0.387 e. The van der Waals surface area contributed by atoms with E-state index >= 15 is 0 Å². The molecule has 0 aliphatic carbocycles. The first kappa shape index (κ1) is 18.6. The highest BCUT2D eigenvalue weighted by Crippen LogP contribution is 2.08. The summed E-state index contributed by atoms with van der Waals surface area (Å²) in [7, 11) is 0. The number of carbonyl (C=O) groups is 2. The number of allylic oxidation sites excluding steroid dienone is 1. The lowest BCUT2D eigenvalue weighted by molar-refractivity contribution is -0.141. The fourth-order valence-electron chi connectivity index (χ4n) is 2.13. The Morgan fingerprint density at radius 2 is 1.95 bits per heavy atom. The third-order valence-corrected chi connectivity index (χ3v) is 3.49. The summed E-state index contributed by atoms with van der Waals surface area (Å²) in [5.41, 5.74) is 0. The molecule has 0 bridgehead atoms. The summed E-state index contributed by atoms with van der Waals surface area (Å²) in [5.74, 6) is -0.998. The fourth-order valence-corrected chi connectivity index (χ4v) is 2.13. The second kappa shape index (κ2) is 8.87. The molecule has 5 N–H and O–H groups in total. The molecule has 0 saturated carbocycles. The molecule has 1 saturated heterocycles. The van der Waals surface area contributed by atoms with Gasteiger partial charge in [-0.15, -0.1) is 0 Å². The topological polar surface area (TPSA) is 119 Å². The van der Waals surface area contributed by atoms with Gasteiger partial charge in [-0.2, -0.15) is 0 Å². The van der Waals surface area contributed by atoms with Crippen molar-refractivity contribution >= 4 is 11.8 Å². The molecule has 1 fully saturated rings. The highest BCUT2D eigenvalue weighted by atomic mass is 16.4. The average molecular weight is 314 g/mol. The van der Waals surface area contributed by atoms with E-state index in [1.54, 1.807) is 6.08 Å². The summed E-state index contributed by atoms with van der Waals surface area (Å²) in [5, 5.41) is 34.4. The van der Waals surface area contributed by atoms with Crippen LogP contribution in [0.5, 0.6) is 0 Å². The Morgan fingerprint density at radius 3 is 2.59 bits per heavy atom. The van der Waals surface area contributed by atoms with Crippen LogP contribution in [0.1, 0.15) is 33.1 Å². The third kappa shape index (κ3) is 5.75. The molecule has 0 aromatic carbocycles. The lowest BCUT2D eigenvalue weighted by Gasteiger charge is -2.23. The van der Waals surface area contributed by atoms with Crippen LogP contribution in [0.4, 0.5) is 0 Å². The van der Waals surface area contributed by atoms with E-state index in [4.69, 9.17) is 0 Å². The number of rotatable bonds is 6. The van der Waals surface area contributed by atoms with Crippen molar-refractivity contribution in [3.8, 4) is 0 Å². The van der Waals surface area contributed by atoms with Gasteiger partial charge in [0, 0.05) is 6.54 Å². The molecule has 7 nitrogen and oxygen atoms in total. The molecule has 1 aliphatic heterocycles. The standard InChI is InChI=1S/C15H26N2O5/c1-9(2)6-7-11(18)12(19)13(20)15(22)17-10-5-3-4-8-16-14(10)21/h6-7,9-13,18-20H,3-5,8H2,1-2H3,(H,16,21)(H,17,22)/b7-6+/t10-,11+,12-,13+/m0/s1. The van der Waals surface area contributed by atoms with Gasteiger partial charge in [0.15, 0.2) is 6.10 Å². The first-order valence-electron chi connectivity index (χ1n) is 7.63. The number of nitrogens with one attached hydrogen (secondary N) is 2. The number of hydrogen-bond donors (Lipinski definition) is 5. The molecule has 0 aromatic heterocycles. The minimum atomic E-state index is -1.80. The number of hydrogen-bond acceptors (Lipinski definition) is 5. The summed E-state index contributed by atoms with van der Waals surface area (Å²) < 4.78 is 0. The SMILES string of the molecule is CC(C)/C=C/[C@@H](O)[C@H](O)[C@@H](O)C(=O)N[C@H]1CCCCNC1=O. The van der Waals surface area contributed by atoms with Crippen molar-refractivity contribution in [2.75, 3.05) is 6.54 Å². The van der Waals surface area contributed by atoms with Gasteiger partial charge in [0.2, 0.25) is 5.91 Å². The Bertz CT molecular complexity index is 411. The van der Waals surface area contributed by atoms with E-state index in [9.17, 15) is 24.9 Å². The molecule has 2 amide bonds. The monoisotopic (exact) mass is 314 g/mol. The number of carbonyl (C=O) groups excluding carboxylic acids is 2. The molecule has 22 heavy (non-hydrogen) atoms. The van der Waals surface area contributed by atoms with E-state index in [1.165, 1.54) is 6.08 Å². The van der Waals surface area contributed by atoms with Crippen molar-refractivity contribution in [2.45, 2.75) is 57.5 Å². The van der Waals surface area contributed by atoms with E-state index in [0.717, 1.165) is 12.8 Å². The number of aliphatic hydroxyl groups excluding tert-OH is 3. The van der Waals surface area contributed by atoms with E-state index < -0.39 is 30.3 Å². The smallest absolute Gasteiger partial charge is 0.252 e. The zero-order chi connectivity index (χ0) is 16.7. The zero-order valence-corrected chi connectivity index (χ0v) is 13.0. The second-order valence-corrected chi connectivity index (χ2v) is 5.90. The Hall–Kier alpha value is -1.44. The molecule has 0 spiro atoms. The van der Waals surface area contributed by atoms with Gasteiger partial charge in [0.25, 0.3) is 5.91 Å². The highest BCUT2D eigenvalue weighted by molar-refractivity contribution is 5.89. The first-order valence-corrected chi connectivity index (χ1v) is 7.63. The van der Waals surface area contributed by atoms with Crippen molar-refractivity contribution in [2.24, 2.45) is 5.92 Å². The lowest BCUT2D eigenvalue weighted by atomic mass is 10.0. The van der Waals surface area contributed by atoms with Crippen LogP contribution in [-0.2, 0) is 9.59 Å². The van der Waals surface area contributed by atoms with E-state index in [1.807, 2.05) is 13.8 Å². The molecule has 1 rings (SSSR count). The Labute approximate surface area is 130 Å². The number of aliphatic hydroxyl groups is 3. The predicted molar refractivity (Wildman–Crippen MR) is 80.8 cm³/mol. The average Bonchev–Trinajstić information content (AvgIpc) is 2.68. The Kier molecular flexibility index (Phi) is 7.50. The van der Waals surface area contributed by atoms with Crippen molar-refractivity contribution in [1.29, 1.82) is 0 Å². The maximum atomic E-state index is 11.9. The normalized spacial score (nSPS) is 23.7. The molecule has 1 heterocycles. The third-order valence-electron chi connectivity index (χ3n) is 3.49. The van der Waals surface area contributed by atoms with Gasteiger partial charge < -0.3 is 26.0 Å². The summed E-state index contributed by atoms with van der Waals surface area (Å²) in [6.45, 7) is 4.35. The fraction of sp³-hybridized carbons (Fsp3) is 0.733. The van der Waals surface area contributed by atoms with Crippen LogP contribution >= 0.6 is 0 Å². The lowest BCUT2D eigenvalue weighted by Crippen LogP contribution is -2.53. The molecule has 126 valence electrons. The van der Waals surface area contributed by atoms with E-state index in [2.05, 4.69) is 10.6 Å². The quantitative estimate of drug-likeness (QED) is 0.406. The molecule has 0 radical (unpaired) electrons. The van der Waals surface area contributed by atoms with Gasteiger partial charge in [-0.25, -0.2) is 0 Å². The molecular formula is C15H26N2O5. The summed E-state index contributed by atoms with van der Waals surface area (Å²) in [6, 6.07) is -0.722. The van der Waals surface area contributed by atoms with Crippen molar-refractivity contribution in [1.82, 2.24) is 10.6 Å². The summed E-state index contributed by atoms with van der Waals surface area (Å²) >= 11 is 0. The van der Waals surface area contributed by atoms with Crippen LogP contribution in [0, 0.1) is 5.92 Å². The zero-order valence-electron chi connectivity index (χ0n) is 13.0. The van der Waals surface area contributed by atoms with Gasteiger partial charge >= 0.3 is 0 Å². The molecule has 1 aliphatic rings. The summed E-state index contributed by atoms with van der Waals surface area (Å²) in [4.78, 5) is 23.6. The molecule has 0 aromatic rings. The molecule has 0 unspecified atom stereocenters. The maximum absolute atomic E-state index is 11.9. The van der Waals surface area contributed by atoms with Crippen LogP contribution in [0.2, 0.25) is 0 Å². The van der Waals surface area contributed by atoms with Crippen LogP contribution < -0.4 is 10.6 Å². The van der Waals surface area contributed by atoms with E-state index in [-0.39, 0.29) is 11.8 Å². The molecular weight excluding hydrogens is 288 g/mol. The Morgan fingerprint density at radius 1 is 1.27 bits per heavy atom. The molecule has 7 heteroatoms. The number of amides is 2. The Balaban J connectivity index is 2.57.